The van der Waals surface area contributed by atoms with E-state index in [-0.39, 0.29) is 23.7 Å². The molecule has 0 aromatic heterocycles. The fourth-order valence-corrected chi connectivity index (χ4v) is 4.24. The van der Waals surface area contributed by atoms with Crippen molar-refractivity contribution in [1.29, 1.82) is 0 Å². The molecule has 4 nitrogen and oxygen atoms in total. The van der Waals surface area contributed by atoms with Crippen molar-refractivity contribution in [3.8, 4) is 5.75 Å². The molecule has 1 heterocycles. The van der Waals surface area contributed by atoms with Crippen molar-refractivity contribution in [3.63, 3.8) is 0 Å². The first-order chi connectivity index (χ1) is 11.0. The molecule has 0 bridgehead atoms. The molecule has 1 N–H and O–H groups in total. The predicted molar refractivity (Wildman–Crippen MR) is 97.6 cm³/mol. The van der Waals surface area contributed by atoms with E-state index in [1.54, 1.807) is 6.07 Å². The van der Waals surface area contributed by atoms with Gasteiger partial charge in [0.05, 0.1) is 13.2 Å². The lowest BCUT2D eigenvalue weighted by Crippen LogP contribution is -2.51. The van der Waals surface area contributed by atoms with Gasteiger partial charge in [0.25, 0.3) is 0 Å². The van der Waals surface area contributed by atoms with Gasteiger partial charge in [-0.2, -0.15) is 0 Å². The van der Waals surface area contributed by atoms with Crippen LogP contribution in [0.1, 0.15) is 45.1 Å². The summed E-state index contributed by atoms with van der Waals surface area (Å²) in [6.45, 7) is 6.95. The molecule has 1 aromatic carbocycles. The standard InChI is InChI=1S/C19H29NO3.ClH/c1-15(2)14-20(3)18(16-5-4-6-17(21)13-16)7-9-19(10-8-18)22-11-12-23-19;/h4-6,13,15,21H,7-12,14H2,1-3H3;1H. The summed E-state index contributed by atoms with van der Waals surface area (Å²) in [7, 11) is 2.21. The Morgan fingerprint density at radius 2 is 1.75 bits per heavy atom. The number of aromatic hydroxyl groups is 1. The van der Waals surface area contributed by atoms with Crippen molar-refractivity contribution < 1.29 is 14.6 Å². The van der Waals surface area contributed by atoms with Gasteiger partial charge < -0.3 is 14.6 Å². The number of halogens is 1. The van der Waals surface area contributed by atoms with Crippen molar-refractivity contribution in [2.24, 2.45) is 5.92 Å². The maximum atomic E-state index is 9.96. The number of nitrogens with zero attached hydrogens (tertiary/aromatic N) is 1. The second kappa shape index (κ2) is 7.61. The van der Waals surface area contributed by atoms with Gasteiger partial charge in [-0.15, -0.1) is 12.4 Å². The highest BCUT2D eigenvalue weighted by molar-refractivity contribution is 5.85. The van der Waals surface area contributed by atoms with Crippen LogP contribution in [0.2, 0.25) is 0 Å². The van der Waals surface area contributed by atoms with Crippen LogP contribution in [0.15, 0.2) is 24.3 Å². The van der Waals surface area contributed by atoms with Gasteiger partial charge in [0.15, 0.2) is 5.79 Å². The maximum Gasteiger partial charge on any atom is 0.168 e. The summed E-state index contributed by atoms with van der Waals surface area (Å²) in [6.07, 6.45) is 3.79. The van der Waals surface area contributed by atoms with E-state index in [2.05, 4.69) is 31.9 Å². The van der Waals surface area contributed by atoms with Gasteiger partial charge in [-0.1, -0.05) is 26.0 Å². The molecular formula is C19H30ClNO3. The van der Waals surface area contributed by atoms with Crippen LogP contribution in [0.4, 0.5) is 0 Å². The van der Waals surface area contributed by atoms with Crippen LogP contribution in [0.3, 0.4) is 0 Å². The number of hydrogen-bond donors (Lipinski definition) is 1. The van der Waals surface area contributed by atoms with Crippen LogP contribution in [-0.4, -0.2) is 42.6 Å². The van der Waals surface area contributed by atoms with Crippen molar-refractivity contribution >= 4 is 12.4 Å². The van der Waals surface area contributed by atoms with Crippen LogP contribution in [0.5, 0.6) is 5.75 Å². The minimum Gasteiger partial charge on any atom is -0.508 e. The zero-order valence-electron chi connectivity index (χ0n) is 15.0. The molecule has 136 valence electrons. The third-order valence-corrected chi connectivity index (χ3v) is 5.41. The van der Waals surface area contributed by atoms with E-state index in [1.807, 2.05) is 12.1 Å². The minimum atomic E-state index is -0.362. The molecule has 1 aliphatic heterocycles. The second-order valence-electron chi connectivity index (χ2n) is 7.46. The topological polar surface area (TPSA) is 41.9 Å². The summed E-state index contributed by atoms with van der Waals surface area (Å²) in [4.78, 5) is 2.47. The lowest BCUT2D eigenvalue weighted by molar-refractivity contribution is -0.195. The largest absolute Gasteiger partial charge is 0.508 e. The Bertz CT molecular complexity index is 533. The summed E-state index contributed by atoms with van der Waals surface area (Å²) < 4.78 is 11.8. The highest BCUT2D eigenvalue weighted by Gasteiger charge is 2.48. The molecule has 0 unspecified atom stereocenters. The van der Waals surface area contributed by atoms with E-state index in [1.165, 1.54) is 5.56 Å². The molecule has 0 radical (unpaired) electrons. The first-order valence-electron chi connectivity index (χ1n) is 8.74. The highest BCUT2D eigenvalue weighted by atomic mass is 35.5. The smallest absolute Gasteiger partial charge is 0.168 e. The zero-order valence-corrected chi connectivity index (χ0v) is 15.8. The number of hydrogen-bond acceptors (Lipinski definition) is 4. The quantitative estimate of drug-likeness (QED) is 0.889. The van der Waals surface area contributed by atoms with Crippen molar-refractivity contribution in [2.75, 3.05) is 26.8 Å². The molecule has 1 saturated carbocycles. The highest BCUT2D eigenvalue weighted by Crippen LogP contribution is 2.48. The first kappa shape index (κ1) is 19.5. The maximum absolute atomic E-state index is 9.96. The van der Waals surface area contributed by atoms with Crippen LogP contribution in [0.25, 0.3) is 0 Å². The summed E-state index contributed by atoms with van der Waals surface area (Å²) >= 11 is 0. The number of rotatable bonds is 4. The molecule has 1 saturated heterocycles. The van der Waals surface area contributed by atoms with Gasteiger partial charge in [-0.05, 0) is 43.5 Å². The predicted octanol–water partition coefficient (Wildman–Crippen LogP) is 3.91. The van der Waals surface area contributed by atoms with E-state index in [4.69, 9.17) is 9.47 Å². The zero-order chi connectivity index (χ0) is 16.5. The number of ether oxygens (including phenoxy) is 2. The van der Waals surface area contributed by atoms with Gasteiger partial charge in [-0.3, -0.25) is 4.90 Å². The molecule has 1 spiro atoms. The molecule has 2 aliphatic rings. The number of benzene rings is 1. The third-order valence-electron chi connectivity index (χ3n) is 5.41. The Kier molecular flexibility index (Phi) is 6.19. The van der Waals surface area contributed by atoms with Gasteiger partial charge in [0, 0.05) is 24.9 Å². The first-order valence-corrected chi connectivity index (χ1v) is 8.74. The monoisotopic (exact) mass is 355 g/mol. The molecule has 0 amide bonds. The number of phenolic OH excluding ortho intramolecular Hbond substituents is 1. The van der Waals surface area contributed by atoms with Gasteiger partial charge in [-0.25, -0.2) is 0 Å². The van der Waals surface area contributed by atoms with Crippen LogP contribution in [0, 0.1) is 5.92 Å². The Morgan fingerprint density at radius 3 is 2.29 bits per heavy atom. The third kappa shape index (κ3) is 3.72. The van der Waals surface area contributed by atoms with Crippen LogP contribution >= 0.6 is 12.4 Å². The van der Waals surface area contributed by atoms with Crippen LogP contribution in [-0.2, 0) is 15.0 Å². The summed E-state index contributed by atoms with van der Waals surface area (Å²) in [6, 6.07) is 7.76. The lowest BCUT2D eigenvalue weighted by Gasteiger charge is -2.49. The molecule has 3 rings (SSSR count). The lowest BCUT2D eigenvalue weighted by atomic mass is 9.73. The SMILES string of the molecule is CC(C)CN(C)C1(c2cccc(O)c2)CCC2(CC1)OCCO2.Cl. The Morgan fingerprint density at radius 1 is 1.12 bits per heavy atom. The van der Waals surface area contributed by atoms with E-state index < -0.39 is 0 Å². The molecule has 24 heavy (non-hydrogen) atoms. The Balaban J connectivity index is 0.00000208. The van der Waals surface area contributed by atoms with Gasteiger partial charge in [0.2, 0.25) is 0 Å². The van der Waals surface area contributed by atoms with Crippen LogP contribution < -0.4 is 0 Å². The minimum absolute atomic E-state index is 0. The Labute approximate surface area is 151 Å². The average molecular weight is 356 g/mol. The van der Waals surface area contributed by atoms with E-state index >= 15 is 0 Å². The van der Waals surface area contributed by atoms with Crippen molar-refractivity contribution in [2.45, 2.75) is 50.9 Å². The summed E-state index contributed by atoms with van der Waals surface area (Å²) in [5.74, 6) is 0.580. The molecule has 0 atom stereocenters. The van der Waals surface area contributed by atoms with Gasteiger partial charge in [0.1, 0.15) is 5.75 Å². The second-order valence-corrected chi connectivity index (χ2v) is 7.46. The summed E-state index contributed by atoms with van der Waals surface area (Å²) in [5.41, 5.74) is 1.15. The Hall–Kier alpha value is -0.810. The van der Waals surface area contributed by atoms with E-state index in [9.17, 15) is 5.11 Å². The van der Waals surface area contributed by atoms with E-state index in [0.717, 1.165) is 32.2 Å². The van der Waals surface area contributed by atoms with Crippen molar-refractivity contribution in [1.82, 2.24) is 4.90 Å². The molecule has 1 aliphatic carbocycles. The molecular weight excluding hydrogens is 326 g/mol. The normalized spacial score (nSPS) is 22.0. The van der Waals surface area contributed by atoms with Gasteiger partial charge >= 0.3 is 0 Å². The molecule has 1 aromatic rings. The number of phenols is 1. The molecule has 5 heteroatoms. The fourth-order valence-electron chi connectivity index (χ4n) is 4.24. The van der Waals surface area contributed by atoms with E-state index in [0.29, 0.717) is 24.9 Å². The average Bonchev–Trinajstić information content (AvgIpc) is 2.96. The summed E-state index contributed by atoms with van der Waals surface area (Å²) in [5, 5.41) is 9.96. The fraction of sp³-hybridized carbons (Fsp3) is 0.684. The molecule has 2 fully saturated rings. The van der Waals surface area contributed by atoms with Crippen molar-refractivity contribution in [3.05, 3.63) is 29.8 Å².